The third-order valence-electron chi connectivity index (χ3n) is 4.06. The predicted octanol–water partition coefficient (Wildman–Crippen LogP) is 4.69. The van der Waals surface area contributed by atoms with Crippen LogP contribution in [0.4, 0.5) is 5.69 Å². The van der Waals surface area contributed by atoms with Gasteiger partial charge in [-0.05, 0) is 73.0 Å². The van der Waals surface area contributed by atoms with Crippen LogP contribution in [0.1, 0.15) is 34.2 Å². The molecule has 0 spiro atoms. The number of aromatic nitrogens is 2. The largest absolute Gasteiger partial charge is 0.307 e. The molecule has 2 aromatic heterocycles. The van der Waals surface area contributed by atoms with Crippen molar-refractivity contribution in [1.29, 1.82) is 0 Å². The summed E-state index contributed by atoms with van der Waals surface area (Å²) >= 11 is 3.54. The van der Waals surface area contributed by atoms with E-state index in [1.165, 1.54) is 0 Å². The highest BCUT2D eigenvalue weighted by atomic mass is 79.9. The van der Waals surface area contributed by atoms with Crippen molar-refractivity contribution in [2.24, 2.45) is 0 Å². The number of hydrogen-bond acceptors (Lipinski definition) is 2. The Morgan fingerprint density at radius 1 is 1.21 bits per heavy atom. The SMILES string of the molecule is CCN(C(=O)c1c(C)nc2c(Br)cc(C)cn12)c1cccc(C)c1. The summed E-state index contributed by atoms with van der Waals surface area (Å²) in [7, 11) is 0. The molecule has 0 radical (unpaired) electrons. The Bertz CT molecular complexity index is 930. The first-order valence-corrected chi connectivity index (χ1v) is 8.75. The highest BCUT2D eigenvalue weighted by molar-refractivity contribution is 9.10. The lowest BCUT2D eigenvalue weighted by Gasteiger charge is -2.21. The molecule has 0 atom stereocenters. The van der Waals surface area contributed by atoms with Crippen molar-refractivity contribution in [3.63, 3.8) is 0 Å². The minimum absolute atomic E-state index is 0.0365. The maximum Gasteiger partial charge on any atom is 0.277 e. The molecule has 0 aliphatic carbocycles. The molecule has 0 unspecified atom stereocenters. The average Bonchev–Trinajstić information content (AvgIpc) is 2.84. The number of nitrogens with zero attached hydrogens (tertiary/aromatic N) is 3. The van der Waals surface area contributed by atoms with Crippen molar-refractivity contribution < 1.29 is 4.79 Å². The number of carbonyl (C=O) groups excluding carboxylic acids is 1. The summed E-state index contributed by atoms with van der Waals surface area (Å²) in [4.78, 5) is 19.6. The fourth-order valence-electron chi connectivity index (χ4n) is 2.97. The Morgan fingerprint density at radius 3 is 2.62 bits per heavy atom. The summed E-state index contributed by atoms with van der Waals surface area (Å²) in [6.07, 6.45) is 1.96. The number of imidazole rings is 1. The molecule has 1 aromatic carbocycles. The molecule has 2 heterocycles. The van der Waals surface area contributed by atoms with E-state index < -0.39 is 0 Å². The van der Waals surface area contributed by atoms with Crippen LogP contribution in [-0.4, -0.2) is 21.8 Å². The van der Waals surface area contributed by atoms with Gasteiger partial charge in [-0.2, -0.15) is 0 Å². The smallest absolute Gasteiger partial charge is 0.277 e. The first-order valence-electron chi connectivity index (χ1n) is 7.95. The fraction of sp³-hybridized carbons (Fsp3) is 0.263. The molecule has 0 fully saturated rings. The van der Waals surface area contributed by atoms with Gasteiger partial charge in [-0.15, -0.1) is 0 Å². The first kappa shape index (κ1) is 16.7. The summed E-state index contributed by atoms with van der Waals surface area (Å²) in [5, 5.41) is 0. The molecule has 0 aliphatic rings. The number of aryl methyl sites for hydroxylation is 3. The molecular formula is C19H20BrN3O. The number of anilines is 1. The molecule has 0 saturated heterocycles. The topological polar surface area (TPSA) is 37.6 Å². The van der Waals surface area contributed by atoms with Crippen LogP contribution in [0.3, 0.4) is 0 Å². The van der Waals surface area contributed by atoms with Gasteiger partial charge < -0.3 is 4.90 Å². The van der Waals surface area contributed by atoms with E-state index in [9.17, 15) is 4.79 Å². The summed E-state index contributed by atoms with van der Waals surface area (Å²) in [5.74, 6) is -0.0365. The lowest BCUT2D eigenvalue weighted by molar-refractivity contribution is 0.0982. The number of hydrogen-bond donors (Lipinski definition) is 0. The van der Waals surface area contributed by atoms with Gasteiger partial charge >= 0.3 is 0 Å². The molecule has 124 valence electrons. The summed E-state index contributed by atoms with van der Waals surface area (Å²) in [6.45, 7) is 8.50. The van der Waals surface area contributed by atoms with Crippen LogP contribution in [0.5, 0.6) is 0 Å². The van der Waals surface area contributed by atoms with Crippen LogP contribution in [-0.2, 0) is 0 Å². The molecular weight excluding hydrogens is 366 g/mol. The van der Waals surface area contributed by atoms with E-state index in [1.807, 2.05) is 68.6 Å². The number of rotatable bonds is 3. The standard InChI is InChI=1S/C19H20BrN3O/c1-5-22(15-8-6-7-12(2)9-15)19(24)17-14(4)21-18-16(20)10-13(3)11-23(17)18/h6-11H,5H2,1-4H3. The zero-order valence-corrected chi connectivity index (χ0v) is 15.9. The van der Waals surface area contributed by atoms with Crippen LogP contribution >= 0.6 is 15.9 Å². The van der Waals surface area contributed by atoms with Crippen LogP contribution in [0.2, 0.25) is 0 Å². The second kappa shape index (κ2) is 6.40. The van der Waals surface area contributed by atoms with E-state index in [0.717, 1.165) is 32.6 Å². The molecule has 0 aliphatic heterocycles. The minimum atomic E-state index is -0.0365. The van der Waals surface area contributed by atoms with E-state index >= 15 is 0 Å². The van der Waals surface area contributed by atoms with Gasteiger partial charge in [0, 0.05) is 18.4 Å². The summed E-state index contributed by atoms with van der Waals surface area (Å²) in [6, 6.07) is 10.0. The quantitative estimate of drug-likeness (QED) is 0.655. The second-order valence-electron chi connectivity index (χ2n) is 5.99. The third-order valence-corrected chi connectivity index (χ3v) is 4.65. The lowest BCUT2D eigenvalue weighted by atomic mass is 10.2. The highest BCUT2D eigenvalue weighted by Gasteiger charge is 2.23. The maximum atomic E-state index is 13.3. The van der Waals surface area contributed by atoms with Gasteiger partial charge in [0.25, 0.3) is 5.91 Å². The Labute approximate surface area is 150 Å². The van der Waals surface area contributed by atoms with Crippen molar-refractivity contribution in [1.82, 2.24) is 9.38 Å². The van der Waals surface area contributed by atoms with E-state index in [0.29, 0.717) is 12.2 Å². The normalized spacial score (nSPS) is 11.0. The lowest BCUT2D eigenvalue weighted by Crippen LogP contribution is -2.32. The molecule has 1 amide bonds. The third kappa shape index (κ3) is 2.84. The molecule has 0 N–H and O–H groups in total. The monoisotopic (exact) mass is 385 g/mol. The molecule has 3 rings (SSSR count). The molecule has 24 heavy (non-hydrogen) atoms. The number of benzene rings is 1. The summed E-state index contributed by atoms with van der Waals surface area (Å²) in [5.41, 5.74) is 5.21. The van der Waals surface area contributed by atoms with Gasteiger partial charge in [-0.25, -0.2) is 4.98 Å². The number of amides is 1. The van der Waals surface area contributed by atoms with Crippen molar-refractivity contribution in [3.8, 4) is 0 Å². The van der Waals surface area contributed by atoms with Crippen LogP contribution < -0.4 is 4.90 Å². The Balaban J connectivity index is 2.15. The van der Waals surface area contributed by atoms with Crippen molar-refractivity contribution in [2.75, 3.05) is 11.4 Å². The molecule has 0 bridgehead atoms. The average molecular weight is 386 g/mol. The van der Waals surface area contributed by atoms with Crippen molar-refractivity contribution in [3.05, 3.63) is 63.5 Å². The maximum absolute atomic E-state index is 13.3. The van der Waals surface area contributed by atoms with E-state index in [2.05, 4.69) is 20.9 Å². The molecule has 4 nitrogen and oxygen atoms in total. The Hall–Kier alpha value is -2.14. The van der Waals surface area contributed by atoms with Gasteiger partial charge in [-0.1, -0.05) is 12.1 Å². The van der Waals surface area contributed by atoms with Gasteiger partial charge in [0.2, 0.25) is 0 Å². The van der Waals surface area contributed by atoms with Gasteiger partial charge in [0.05, 0.1) is 10.2 Å². The first-order chi connectivity index (χ1) is 11.4. The van der Waals surface area contributed by atoms with E-state index in [1.54, 1.807) is 4.90 Å². The highest BCUT2D eigenvalue weighted by Crippen LogP contribution is 2.25. The number of pyridine rings is 1. The predicted molar refractivity (Wildman–Crippen MR) is 101 cm³/mol. The second-order valence-corrected chi connectivity index (χ2v) is 6.85. The molecule has 3 aromatic rings. The van der Waals surface area contributed by atoms with Gasteiger partial charge in [0.1, 0.15) is 5.69 Å². The van der Waals surface area contributed by atoms with E-state index in [4.69, 9.17) is 0 Å². The molecule has 0 saturated carbocycles. The van der Waals surface area contributed by atoms with Crippen LogP contribution in [0, 0.1) is 20.8 Å². The van der Waals surface area contributed by atoms with E-state index in [-0.39, 0.29) is 5.91 Å². The van der Waals surface area contributed by atoms with Gasteiger partial charge in [-0.3, -0.25) is 9.20 Å². The Morgan fingerprint density at radius 2 is 1.96 bits per heavy atom. The van der Waals surface area contributed by atoms with Crippen LogP contribution in [0.15, 0.2) is 41.0 Å². The summed E-state index contributed by atoms with van der Waals surface area (Å²) < 4.78 is 2.78. The van der Waals surface area contributed by atoms with Crippen LogP contribution in [0.25, 0.3) is 5.65 Å². The number of carbonyl (C=O) groups is 1. The van der Waals surface area contributed by atoms with Gasteiger partial charge in [0.15, 0.2) is 5.65 Å². The Kier molecular flexibility index (Phi) is 4.45. The van der Waals surface area contributed by atoms with Crippen molar-refractivity contribution >= 4 is 33.2 Å². The zero-order valence-electron chi connectivity index (χ0n) is 14.3. The zero-order chi connectivity index (χ0) is 17.4. The molecule has 5 heteroatoms. The number of fused-ring (bicyclic) bond motifs is 1. The fourth-order valence-corrected chi connectivity index (χ4v) is 3.61. The number of halogens is 1. The van der Waals surface area contributed by atoms with Crippen molar-refractivity contribution in [2.45, 2.75) is 27.7 Å². The minimum Gasteiger partial charge on any atom is -0.307 e.